The maximum Gasteiger partial charge on any atom is 0.498 e. The molecule has 1 N–H and O–H groups in total. The van der Waals surface area contributed by atoms with Crippen LogP contribution in [-0.4, -0.2) is 29.7 Å². The van der Waals surface area contributed by atoms with Gasteiger partial charge in [-0.3, -0.25) is 0 Å². The van der Waals surface area contributed by atoms with Gasteiger partial charge >= 0.3 is 7.12 Å². The fourth-order valence-corrected chi connectivity index (χ4v) is 2.03. The fourth-order valence-electron chi connectivity index (χ4n) is 2.03. The SMILES string of the molecule is CC1(C)OB(c2cccc(CC=O)c2O)OC1(C)C. The van der Waals surface area contributed by atoms with Gasteiger partial charge in [0.05, 0.1) is 11.2 Å². The van der Waals surface area contributed by atoms with E-state index in [0.717, 1.165) is 6.29 Å². The Hall–Kier alpha value is -1.33. The zero-order chi connectivity index (χ0) is 14.3. The lowest BCUT2D eigenvalue weighted by atomic mass is 9.77. The van der Waals surface area contributed by atoms with Gasteiger partial charge in [0.2, 0.25) is 0 Å². The molecule has 1 aliphatic rings. The monoisotopic (exact) mass is 262 g/mol. The van der Waals surface area contributed by atoms with Crippen LogP contribution < -0.4 is 5.46 Å². The molecule has 0 saturated carbocycles. The highest BCUT2D eigenvalue weighted by Gasteiger charge is 2.52. The molecule has 1 aromatic carbocycles. The van der Waals surface area contributed by atoms with Crippen molar-refractivity contribution < 1.29 is 19.2 Å². The molecule has 2 rings (SSSR count). The molecule has 0 bridgehead atoms. The van der Waals surface area contributed by atoms with Crippen LogP contribution >= 0.6 is 0 Å². The van der Waals surface area contributed by atoms with E-state index in [1.165, 1.54) is 0 Å². The first-order valence-corrected chi connectivity index (χ1v) is 6.38. The molecule has 0 spiro atoms. The Balaban J connectivity index is 2.34. The van der Waals surface area contributed by atoms with Crippen LogP contribution in [0.15, 0.2) is 18.2 Å². The maximum atomic E-state index is 10.6. The number of carbonyl (C=O) groups excluding carboxylic acids is 1. The summed E-state index contributed by atoms with van der Waals surface area (Å²) in [4.78, 5) is 10.6. The summed E-state index contributed by atoms with van der Waals surface area (Å²) in [5.74, 6) is 0.0769. The van der Waals surface area contributed by atoms with Crippen molar-refractivity contribution in [1.82, 2.24) is 0 Å². The lowest BCUT2D eigenvalue weighted by Gasteiger charge is -2.32. The molecular formula is C14H19BO4. The van der Waals surface area contributed by atoms with Crippen molar-refractivity contribution in [3.63, 3.8) is 0 Å². The highest BCUT2D eigenvalue weighted by molar-refractivity contribution is 6.63. The first kappa shape index (κ1) is 14.1. The summed E-state index contributed by atoms with van der Waals surface area (Å²) in [6, 6.07) is 5.27. The number of benzene rings is 1. The molecule has 1 aromatic rings. The van der Waals surface area contributed by atoms with Crippen molar-refractivity contribution in [2.24, 2.45) is 0 Å². The van der Waals surface area contributed by atoms with Crippen LogP contribution in [0.5, 0.6) is 5.75 Å². The van der Waals surface area contributed by atoms with E-state index in [4.69, 9.17) is 9.31 Å². The summed E-state index contributed by atoms with van der Waals surface area (Å²) in [6.45, 7) is 7.83. The number of carbonyl (C=O) groups is 1. The second-order valence-electron chi connectivity index (χ2n) is 5.81. The smallest absolute Gasteiger partial charge is 0.498 e. The highest BCUT2D eigenvalue weighted by Crippen LogP contribution is 2.37. The Morgan fingerprint density at radius 3 is 2.32 bits per heavy atom. The van der Waals surface area contributed by atoms with E-state index in [2.05, 4.69) is 0 Å². The van der Waals surface area contributed by atoms with Gasteiger partial charge in [0.15, 0.2) is 0 Å². The van der Waals surface area contributed by atoms with Gasteiger partial charge in [-0.25, -0.2) is 0 Å². The van der Waals surface area contributed by atoms with E-state index in [-0.39, 0.29) is 12.2 Å². The third-order valence-corrected chi connectivity index (χ3v) is 3.96. The zero-order valence-electron chi connectivity index (χ0n) is 11.8. The van der Waals surface area contributed by atoms with Crippen LogP contribution in [0.25, 0.3) is 0 Å². The Bertz CT molecular complexity index is 480. The van der Waals surface area contributed by atoms with E-state index in [1.807, 2.05) is 27.7 Å². The van der Waals surface area contributed by atoms with Gasteiger partial charge in [-0.05, 0) is 27.7 Å². The van der Waals surface area contributed by atoms with E-state index in [9.17, 15) is 9.90 Å². The minimum atomic E-state index is -0.614. The molecule has 102 valence electrons. The van der Waals surface area contributed by atoms with Gasteiger partial charge in [-0.15, -0.1) is 0 Å². The molecule has 5 heteroatoms. The van der Waals surface area contributed by atoms with E-state index >= 15 is 0 Å². The standard InChI is InChI=1S/C14H19BO4/c1-13(2)14(3,4)19-15(18-13)11-7-5-6-10(8-9-16)12(11)17/h5-7,9,17H,8H2,1-4H3. The average Bonchev–Trinajstić information content (AvgIpc) is 2.51. The number of phenols is 1. The lowest BCUT2D eigenvalue weighted by molar-refractivity contribution is -0.107. The second kappa shape index (κ2) is 4.65. The van der Waals surface area contributed by atoms with E-state index in [1.54, 1.807) is 18.2 Å². The largest absolute Gasteiger partial charge is 0.508 e. The minimum Gasteiger partial charge on any atom is -0.508 e. The van der Waals surface area contributed by atoms with Gasteiger partial charge < -0.3 is 19.2 Å². The zero-order valence-corrected chi connectivity index (χ0v) is 11.8. The number of aldehydes is 1. The number of phenolic OH excluding ortho intramolecular Hbond substituents is 1. The molecule has 4 nitrogen and oxygen atoms in total. The van der Waals surface area contributed by atoms with Crippen molar-refractivity contribution in [2.75, 3.05) is 0 Å². The van der Waals surface area contributed by atoms with Crippen molar-refractivity contribution in [3.8, 4) is 5.75 Å². The molecule has 1 fully saturated rings. The normalized spacial score (nSPS) is 20.5. The minimum absolute atomic E-state index is 0.0769. The van der Waals surface area contributed by atoms with Gasteiger partial charge in [-0.2, -0.15) is 0 Å². The van der Waals surface area contributed by atoms with Gasteiger partial charge in [0, 0.05) is 17.4 Å². The Kier molecular flexibility index (Phi) is 3.45. The van der Waals surface area contributed by atoms with Crippen LogP contribution in [0, 0.1) is 0 Å². The predicted molar refractivity (Wildman–Crippen MR) is 73.6 cm³/mol. The maximum absolute atomic E-state index is 10.6. The molecule has 0 atom stereocenters. The number of hydrogen-bond acceptors (Lipinski definition) is 4. The Morgan fingerprint density at radius 1 is 1.21 bits per heavy atom. The van der Waals surface area contributed by atoms with Crippen LogP contribution in [0.2, 0.25) is 0 Å². The van der Waals surface area contributed by atoms with E-state index < -0.39 is 18.3 Å². The molecule has 0 aliphatic carbocycles. The Morgan fingerprint density at radius 2 is 1.79 bits per heavy atom. The van der Waals surface area contributed by atoms with Crippen molar-refractivity contribution >= 4 is 18.9 Å². The number of rotatable bonds is 3. The summed E-state index contributed by atoms with van der Waals surface area (Å²) in [5.41, 5.74) is 0.246. The molecule has 1 aliphatic heterocycles. The fraction of sp³-hybridized carbons (Fsp3) is 0.500. The molecule has 1 saturated heterocycles. The Labute approximate surface area is 113 Å². The topological polar surface area (TPSA) is 55.8 Å². The number of hydrogen-bond donors (Lipinski definition) is 1. The van der Waals surface area contributed by atoms with Crippen LogP contribution in [0.3, 0.4) is 0 Å². The molecule has 0 amide bonds. The van der Waals surface area contributed by atoms with E-state index in [0.29, 0.717) is 11.0 Å². The molecule has 1 heterocycles. The number of aromatic hydroxyl groups is 1. The summed E-state index contributed by atoms with van der Waals surface area (Å²) >= 11 is 0. The summed E-state index contributed by atoms with van der Waals surface area (Å²) in [5, 5.41) is 10.2. The summed E-state index contributed by atoms with van der Waals surface area (Å²) in [7, 11) is -0.614. The summed E-state index contributed by atoms with van der Waals surface area (Å²) in [6.07, 6.45) is 0.947. The lowest BCUT2D eigenvalue weighted by Crippen LogP contribution is -2.41. The van der Waals surface area contributed by atoms with Gasteiger partial charge in [-0.1, -0.05) is 18.2 Å². The van der Waals surface area contributed by atoms with Crippen molar-refractivity contribution in [3.05, 3.63) is 23.8 Å². The van der Waals surface area contributed by atoms with Crippen LogP contribution in [-0.2, 0) is 20.5 Å². The molecule has 19 heavy (non-hydrogen) atoms. The number of para-hydroxylation sites is 1. The average molecular weight is 262 g/mol. The first-order valence-electron chi connectivity index (χ1n) is 6.38. The first-order chi connectivity index (χ1) is 8.78. The van der Waals surface area contributed by atoms with Crippen LogP contribution in [0.4, 0.5) is 0 Å². The third kappa shape index (κ3) is 2.40. The summed E-state index contributed by atoms with van der Waals surface area (Å²) < 4.78 is 11.8. The third-order valence-electron chi connectivity index (χ3n) is 3.96. The van der Waals surface area contributed by atoms with Gasteiger partial charge in [0.1, 0.15) is 12.0 Å². The molecule has 0 aromatic heterocycles. The quantitative estimate of drug-likeness (QED) is 0.661. The highest BCUT2D eigenvalue weighted by atomic mass is 16.7. The van der Waals surface area contributed by atoms with Gasteiger partial charge in [0.25, 0.3) is 0 Å². The van der Waals surface area contributed by atoms with Crippen LogP contribution in [0.1, 0.15) is 33.3 Å². The van der Waals surface area contributed by atoms with Crippen molar-refractivity contribution in [2.45, 2.75) is 45.3 Å². The molecule has 0 unspecified atom stereocenters. The molecular weight excluding hydrogens is 243 g/mol. The second-order valence-corrected chi connectivity index (χ2v) is 5.81. The predicted octanol–water partition coefficient (Wildman–Crippen LogP) is 1.43. The van der Waals surface area contributed by atoms with Crippen molar-refractivity contribution in [1.29, 1.82) is 0 Å². The molecule has 0 radical (unpaired) electrons.